The van der Waals surface area contributed by atoms with Gasteiger partial charge in [-0.05, 0) is 38.5 Å². The molecule has 3 heterocycles. The van der Waals surface area contributed by atoms with Crippen molar-refractivity contribution in [3.05, 3.63) is 38.9 Å². The van der Waals surface area contributed by atoms with Gasteiger partial charge in [-0.1, -0.05) is 11.6 Å². The van der Waals surface area contributed by atoms with Crippen molar-refractivity contribution in [1.29, 1.82) is 5.41 Å². The van der Waals surface area contributed by atoms with Crippen LogP contribution in [0.5, 0.6) is 0 Å². The number of rotatable bonds is 3. The zero-order valence-corrected chi connectivity index (χ0v) is 18.4. The van der Waals surface area contributed by atoms with Gasteiger partial charge in [-0.15, -0.1) is 11.3 Å². The van der Waals surface area contributed by atoms with Crippen LogP contribution in [0.3, 0.4) is 0 Å². The number of nitrogens with one attached hydrogen (secondary N) is 2. The number of halogens is 1. The number of sulfone groups is 1. The quantitative estimate of drug-likeness (QED) is 0.770. The van der Waals surface area contributed by atoms with E-state index in [2.05, 4.69) is 5.32 Å². The van der Waals surface area contributed by atoms with Gasteiger partial charge in [-0.3, -0.25) is 5.41 Å². The Bertz CT molecular complexity index is 962. The first-order chi connectivity index (χ1) is 12.4. The lowest BCUT2D eigenvalue weighted by Gasteiger charge is -2.42. The third-order valence-electron chi connectivity index (χ3n) is 5.08. The van der Waals surface area contributed by atoms with Crippen molar-refractivity contribution in [2.75, 3.05) is 26.5 Å². The molecule has 2 aliphatic heterocycles. The van der Waals surface area contributed by atoms with Gasteiger partial charge in [0, 0.05) is 29.5 Å². The maximum absolute atomic E-state index is 12.8. The maximum atomic E-state index is 12.8. The Balaban J connectivity index is 2.02. The molecule has 9 heteroatoms. The van der Waals surface area contributed by atoms with Gasteiger partial charge in [0.25, 0.3) is 0 Å². The summed E-state index contributed by atoms with van der Waals surface area (Å²) < 4.78 is 29.7. The Morgan fingerprint density at radius 2 is 2.04 bits per heavy atom. The minimum absolute atomic E-state index is 0.0107. The van der Waals surface area contributed by atoms with Crippen LogP contribution < -0.4 is 5.32 Å². The Morgan fingerprint density at radius 3 is 2.63 bits per heavy atom. The molecule has 0 unspecified atom stereocenters. The lowest BCUT2D eigenvalue weighted by atomic mass is 10.00. The van der Waals surface area contributed by atoms with Gasteiger partial charge >= 0.3 is 0 Å². The van der Waals surface area contributed by atoms with Gasteiger partial charge in [-0.25, -0.2) is 8.42 Å². The summed E-state index contributed by atoms with van der Waals surface area (Å²) in [7, 11) is 0.0718. The van der Waals surface area contributed by atoms with Gasteiger partial charge in [-0.2, -0.15) is 0 Å². The molecule has 0 spiro atoms. The van der Waals surface area contributed by atoms with Gasteiger partial charge in [0.1, 0.15) is 16.3 Å². The van der Waals surface area contributed by atoms with E-state index in [1.165, 1.54) is 11.3 Å². The van der Waals surface area contributed by atoms with Crippen molar-refractivity contribution < 1.29 is 13.2 Å². The Kier molecular flexibility index (Phi) is 4.89. The number of likely N-dealkylation sites (N-methyl/N-ethyl adjacent to an activating group) is 1. The molecule has 0 saturated carbocycles. The molecular formula is C18H24ClN3O3S2. The molecule has 6 nitrogen and oxygen atoms in total. The second kappa shape index (κ2) is 6.53. The molecule has 1 saturated heterocycles. The molecule has 1 aromatic heterocycles. The predicted molar refractivity (Wildman–Crippen MR) is 111 cm³/mol. The van der Waals surface area contributed by atoms with E-state index in [0.717, 1.165) is 21.1 Å². The number of hydrogen-bond donors (Lipinski definition) is 2. The number of amidine groups is 1. The molecule has 1 fully saturated rings. The van der Waals surface area contributed by atoms with Crippen LogP contribution in [0.1, 0.15) is 30.5 Å². The Morgan fingerprint density at radius 1 is 1.37 bits per heavy atom. The molecule has 3 rings (SSSR count). The highest BCUT2D eigenvalue weighted by Gasteiger charge is 2.51. The third kappa shape index (κ3) is 3.39. The fraction of sp³-hybridized carbons (Fsp3) is 0.500. The van der Waals surface area contributed by atoms with Crippen molar-refractivity contribution in [2.45, 2.75) is 31.1 Å². The van der Waals surface area contributed by atoms with Crippen LogP contribution in [0.15, 0.2) is 24.1 Å². The SMILES string of the molecule is COC1=CN(C)CC(c2cc(Cl)c([C@]3(C)CS(=O)(=O)C(C)(C)C(=N)N3)s2)=C1. The molecular weight excluding hydrogens is 406 g/mol. The second-order valence-electron chi connectivity index (χ2n) is 7.71. The summed E-state index contributed by atoms with van der Waals surface area (Å²) in [6.45, 7) is 5.60. The normalized spacial score (nSPS) is 26.9. The average Bonchev–Trinajstić information content (AvgIpc) is 2.95. The number of allylic oxidation sites excluding steroid dienone is 1. The molecule has 27 heavy (non-hydrogen) atoms. The first-order valence-corrected chi connectivity index (χ1v) is 11.3. The number of thiophene rings is 1. The topological polar surface area (TPSA) is 82.5 Å². The zero-order chi connectivity index (χ0) is 20.2. The largest absolute Gasteiger partial charge is 0.495 e. The van der Waals surface area contributed by atoms with E-state index >= 15 is 0 Å². The van der Waals surface area contributed by atoms with Crippen molar-refractivity contribution in [2.24, 2.45) is 0 Å². The highest BCUT2D eigenvalue weighted by atomic mass is 35.5. The molecule has 0 amide bonds. The Hall–Kier alpha value is -1.51. The molecule has 0 bridgehead atoms. The molecule has 1 atom stereocenters. The number of methoxy groups -OCH3 is 1. The van der Waals surface area contributed by atoms with E-state index in [0.29, 0.717) is 11.6 Å². The van der Waals surface area contributed by atoms with E-state index in [1.807, 2.05) is 30.3 Å². The predicted octanol–water partition coefficient (Wildman–Crippen LogP) is 3.21. The average molecular weight is 430 g/mol. The summed E-state index contributed by atoms with van der Waals surface area (Å²) in [6.07, 6.45) is 3.88. The van der Waals surface area contributed by atoms with Gasteiger partial charge < -0.3 is 15.0 Å². The second-order valence-corrected chi connectivity index (χ2v) is 11.7. The van der Waals surface area contributed by atoms with Crippen LogP contribution in [0.2, 0.25) is 5.02 Å². The molecule has 0 aromatic carbocycles. The first-order valence-electron chi connectivity index (χ1n) is 8.46. The van der Waals surface area contributed by atoms with Crippen molar-refractivity contribution in [3.8, 4) is 0 Å². The molecule has 0 radical (unpaired) electrons. The van der Waals surface area contributed by atoms with Gasteiger partial charge in [0.15, 0.2) is 9.84 Å². The minimum Gasteiger partial charge on any atom is -0.495 e. The summed E-state index contributed by atoms with van der Waals surface area (Å²) in [5, 5.41) is 11.8. The first kappa shape index (κ1) is 20.2. The van der Waals surface area contributed by atoms with E-state index in [1.54, 1.807) is 27.9 Å². The minimum atomic E-state index is -3.51. The van der Waals surface area contributed by atoms with Gasteiger partial charge in [0.05, 0.1) is 23.4 Å². The molecule has 2 aliphatic rings. The summed E-state index contributed by atoms with van der Waals surface area (Å²) in [6, 6.07) is 1.86. The summed E-state index contributed by atoms with van der Waals surface area (Å²) in [4.78, 5) is 3.70. The number of nitrogens with zero attached hydrogens (tertiary/aromatic N) is 1. The third-order valence-corrected chi connectivity index (χ3v) is 9.68. The van der Waals surface area contributed by atoms with Crippen LogP contribution in [0.25, 0.3) is 5.57 Å². The van der Waals surface area contributed by atoms with E-state index in [9.17, 15) is 8.42 Å². The van der Waals surface area contributed by atoms with Crippen LogP contribution in [-0.2, 0) is 20.1 Å². The molecule has 1 aromatic rings. The smallest absolute Gasteiger partial charge is 0.165 e. The van der Waals surface area contributed by atoms with Crippen molar-refractivity contribution >= 4 is 44.2 Å². The monoisotopic (exact) mass is 429 g/mol. The number of hydrogen-bond acceptors (Lipinski definition) is 6. The van der Waals surface area contributed by atoms with E-state index < -0.39 is 20.1 Å². The lowest BCUT2D eigenvalue weighted by molar-refractivity contribution is 0.291. The Labute approximate surface area is 169 Å². The van der Waals surface area contributed by atoms with Gasteiger partial charge in [0.2, 0.25) is 0 Å². The summed E-state index contributed by atoms with van der Waals surface area (Å²) in [5.74, 6) is 0.624. The summed E-state index contributed by atoms with van der Waals surface area (Å²) >= 11 is 7.98. The van der Waals surface area contributed by atoms with Crippen LogP contribution in [0, 0.1) is 5.41 Å². The molecule has 2 N–H and O–H groups in total. The van der Waals surface area contributed by atoms with E-state index in [4.69, 9.17) is 21.7 Å². The highest BCUT2D eigenvalue weighted by molar-refractivity contribution is 7.93. The van der Waals surface area contributed by atoms with Crippen LogP contribution in [-0.4, -0.2) is 50.4 Å². The highest BCUT2D eigenvalue weighted by Crippen LogP contribution is 2.43. The van der Waals surface area contributed by atoms with Crippen LogP contribution >= 0.6 is 22.9 Å². The fourth-order valence-corrected chi connectivity index (χ4v) is 6.70. The summed E-state index contributed by atoms with van der Waals surface area (Å²) in [5.41, 5.74) is 0.111. The lowest BCUT2D eigenvalue weighted by Crippen LogP contribution is -2.63. The zero-order valence-electron chi connectivity index (χ0n) is 16.0. The molecule has 148 valence electrons. The van der Waals surface area contributed by atoms with Crippen molar-refractivity contribution in [1.82, 2.24) is 10.2 Å². The standard InChI is InChI=1S/C18H24ClN3O3S2/c1-17(2)16(20)21-18(3,10-27(17,23)24)15-13(19)7-14(26-15)11-6-12(25-5)9-22(4)8-11/h6-7,9H,8,10H2,1-5H3,(H2,20,21)/t18-/m0/s1. The van der Waals surface area contributed by atoms with E-state index in [-0.39, 0.29) is 11.6 Å². The van der Waals surface area contributed by atoms with Crippen molar-refractivity contribution in [3.63, 3.8) is 0 Å². The fourth-order valence-electron chi connectivity index (χ4n) is 3.25. The number of ether oxygens (including phenoxy) is 1. The van der Waals surface area contributed by atoms with Crippen LogP contribution in [0.4, 0.5) is 0 Å². The maximum Gasteiger partial charge on any atom is 0.165 e. The molecule has 0 aliphatic carbocycles.